The molecule has 0 spiro atoms. The molecule has 6 nitrogen and oxygen atoms in total. The van der Waals surface area contributed by atoms with Crippen LogP contribution in [0.4, 0.5) is 10.8 Å². The van der Waals surface area contributed by atoms with Crippen molar-refractivity contribution in [1.82, 2.24) is 4.98 Å². The Morgan fingerprint density at radius 2 is 1.68 bits per heavy atom. The maximum absolute atomic E-state index is 12.8. The summed E-state index contributed by atoms with van der Waals surface area (Å²) in [5.74, 6) is -0.255. The van der Waals surface area contributed by atoms with E-state index >= 15 is 0 Å². The van der Waals surface area contributed by atoms with Crippen molar-refractivity contribution in [2.45, 2.75) is 13.0 Å². The maximum atomic E-state index is 12.8. The molecule has 4 rings (SSSR count). The molecular formula is C19H13Br2N5OS. The third kappa shape index (κ3) is 3.96. The molecule has 28 heavy (non-hydrogen) atoms. The number of anilines is 1. The Hall–Kier alpha value is -2.23. The van der Waals surface area contributed by atoms with E-state index in [9.17, 15) is 4.79 Å². The third-order valence-corrected chi connectivity index (χ3v) is 5.90. The van der Waals surface area contributed by atoms with Crippen LogP contribution in [0.5, 0.6) is 0 Å². The van der Waals surface area contributed by atoms with Crippen molar-refractivity contribution >= 4 is 65.6 Å². The van der Waals surface area contributed by atoms with E-state index in [0.717, 1.165) is 20.2 Å². The molecule has 3 aromatic rings. The van der Waals surface area contributed by atoms with Gasteiger partial charge in [0.05, 0.1) is 17.1 Å². The Labute approximate surface area is 182 Å². The molecule has 140 valence electrons. The SMILES string of the molecule is CC1=NN(c2nc(-c3ccc(Br)cc3)cs2)C(=O)[C@H]1N=Nc1ccc(Br)cc1. The van der Waals surface area contributed by atoms with Gasteiger partial charge in [0.2, 0.25) is 5.13 Å². The van der Waals surface area contributed by atoms with Crippen molar-refractivity contribution in [1.29, 1.82) is 0 Å². The number of amides is 1. The van der Waals surface area contributed by atoms with Gasteiger partial charge in [0, 0.05) is 19.9 Å². The number of azo groups is 1. The molecule has 1 atom stereocenters. The summed E-state index contributed by atoms with van der Waals surface area (Å²) in [6.45, 7) is 1.77. The summed E-state index contributed by atoms with van der Waals surface area (Å²) in [5, 5.41) is 16.5. The molecule has 0 saturated heterocycles. The van der Waals surface area contributed by atoms with Gasteiger partial charge in [0.15, 0.2) is 6.04 Å². The van der Waals surface area contributed by atoms with Gasteiger partial charge in [-0.1, -0.05) is 44.0 Å². The largest absolute Gasteiger partial charge is 0.282 e. The summed E-state index contributed by atoms with van der Waals surface area (Å²) >= 11 is 8.17. The Morgan fingerprint density at radius 3 is 2.36 bits per heavy atom. The number of hydrazone groups is 1. The number of thiazole rings is 1. The summed E-state index contributed by atoms with van der Waals surface area (Å²) < 4.78 is 1.96. The molecule has 1 aliphatic heterocycles. The fourth-order valence-corrected chi connectivity index (χ4v) is 3.89. The summed E-state index contributed by atoms with van der Waals surface area (Å²) in [6, 6.07) is 14.5. The Kier molecular flexibility index (Phi) is 5.47. The Balaban J connectivity index is 1.53. The number of rotatable bonds is 4. The van der Waals surface area contributed by atoms with Gasteiger partial charge in [-0.3, -0.25) is 4.79 Å². The highest BCUT2D eigenvalue weighted by Crippen LogP contribution is 2.31. The first-order valence-corrected chi connectivity index (χ1v) is 10.7. The van der Waals surface area contributed by atoms with Crippen LogP contribution in [-0.2, 0) is 4.79 Å². The van der Waals surface area contributed by atoms with Gasteiger partial charge in [-0.2, -0.15) is 20.3 Å². The summed E-state index contributed by atoms with van der Waals surface area (Å²) in [4.78, 5) is 17.4. The molecule has 9 heteroatoms. The van der Waals surface area contributed by atoms with E-state index in [1.165, 1.54) is 16.3 Å². The number of hydrogen-bond acceptors (Lipinski definition) is 6. The first-order chi connectivity index (χ1) is 13.5. The van der Waals surface area contributed by atoms with Gasteiger partial charge in [-0.25, -0.2) is 4.98 Å². The van der Waals surface area contributed by atoms with E-state index in [4.69, 9.17) is 0 Å². The smallest absolute Gasteiger partial charge is 0.269 e. The summed E-state index contributed by atoms with van der Waals surface area (Å²) in [6.07, 6.45) is 0. The van der Waals surface area contributed by atoms with E-state index in [0.29, 0.717) is 16.5 Å². The van der Waals surface area contributed by atoms with Crippen LogP contribution in [0.2, 0.25) is 0 Å². The minimum absolute atomic E-state index is 0.255. The first kappa shape index (κ1) is 19.1. The van der Waals surface area contributed by atoms with Crippen molar-refractivity contribution in [2.24, 2.45) is 15.3 Å². The highest BCUT2D eigenvalue weighted by atomic mass is 79.9. The quantitative estimate of drug-likeness (QED) is 0.385. The van der Waals surface area contributed by atoms with E-state index in [1.807, 2.05) is 53.9 Å². The number of aromatic nitrogens is 1. The van der Waals surface area contributed by atoms with E-state index in [2.05, 4.69) is 52.2 Å². The molecule has 2 aromatic carbocycles. The second kappa shape index (κ2) is 8.02. The van der Waals surface area contributed by atoms with Crippen LogP contribution >= 0.6 is 43.2 Å². The fraction of sp³-hybridized carbons (Fsp3) is 0.105. The van der Waals surface area contributed by atoms with E-state index in [-0.39, 0.29) is 5.91 Å². The number of carbonyl (C=O) groups is 1. The van der Waals surface area contributed by atoms with Crippen LogP contribution in [0, 0.1) is 0 Å². The normalized spacial score (nSPS) is 16.8. The second-order valence-electron chi connectivity index (χ2n) is 6.01. The highest BCUT2D eigenvalue weighted by molar-refractivity contribution is 9.10. The Morgan fingerprint density at radius 1 is 1.04 bits per heavy atom. The van der Waals surface area contributed by atoms with E-state index < -0.39 is 6.04 Å². The van der Waals surface area contributed by atoms with Crippen LogP contribution < -0.4 is 5.01 Å². The molecule has 0 saturated carbocycles. The molecule has 0 unspecified atom stereocenters. The van der Waals surface area contributed by atoms with Crippen molar-refractivity contribution in [3.63, 3.8) is 0 Å². The van der Waals surface area contributed by atoms with Crippen molar-refractivity contribution in [2.75, 3.05) is 5.01 Å². The first-order valence-electron chi connectivity index (χ1n) is 8.28. The minimum atomic E-state index is -0.733. The summed E-state index contributed by atoms with van der Waals surface area (Å²) in [7, 11) is 0. The maximum Gasteiger partial charge on any atom is 0.282 e. The monoisotopic (exact) mass is 517 g/mol. The standard InChI is InChI=1S/C19H13Br2N5OS/c1-11-17(24-23-15-8-6-14(21)7-9-15)18(27)26(25-11)19-22-16(10-28-19)12-2-4-13(20)5-3-12/h2-10,17H,1H3/t17-/m0/s1. The van der Waals surface area contributed by atoms with Crippen molar-refractivity contribution in [3.8, 4) is 11.3 Å². The molecule has 2 heterocycles. The number of halogens is 2. The zero-order valence-corrected chi connectivity index (χ0v) is 18.6. The predicted molar refractivity (Wildman–Crippen MR) is 118 cm³/mol. The number of carbonyl (C=O) groups excluding carboxylic acids is 1. The average molecular weight is 519 g/mol. The van der Waals surface area contributed by atoms with Gasteiger partial charge >= 0.3 is 0 Å². The topological polar surface area (TPSA) is 70.3 Å². The molecule has 1 aliphatic rings. The molecule has 1 amide bonds. The van der Waals surface area contributed by atoms with Crippen LogP contribution in [0.15, 0.2) is 78.2 Å². The van der Waals surface area contributed by atoms with E-state index in [1.54, 1.807) is 6.92 Å². The second-order valence-corrected chi connectivity index (χ2v) is 8.68. The molecule has 0 radical (unpaired) electrons. The van der Waals surface area contributed by atoms with Gasteiger partial charge in [0.1, 0.15) is 0 Å². The zero-order valence-electron chi connectivity index (χ0n) is 14.6. The van der Waals surface area contributed by atoms with Crippen molar-refractivity contribution < 1.29 is 4.79 Å². The average Bonchev–Trinajstić information content (AvgIpc) is 3.27. The predicted octanol–water partition coefficient (Wildman–Crippen LogP) is 6.21. The molecule has 0 aliphatic carbocycles. The minimum Gasteiger partial charge on any atom is -0.269 e. The van der Waals surface area contributed by atoms with Gasteiger partial charge in [-0.15, -0.1) is 11.3 Å². The number of benzene rings is 2. The number of nitrogens with zero attached hydrogens (tertiary/aromatic N) is 5. The highest BCUT2D eigenvalue weighted by Gasteiger charge is 2.36. The molecular weight excluding hydrogens is 506 g/mol. The van der Waals surface area contributed by atoms with Crippen LogP contribution in [0.25, 0.3) is 11.3 Å². The third-order valence-electron chi connectivity index (χ3n) is 4.02. The van der Waals surface area contributed by atoms with Gasteiger partial charge in [0.25, 0.3) is 5.91 Å². The van der Waals surface area contributed by atoms with Gasteiger partial charge in [-0.05, 0) is 43.3 Å². The van der Waals surface area contributed by atoms with Crippen LogP contribution in [0.3, 0.4) is 0 Å². The molecule has 0 N–H and O–H groups in total. The van der Waals surface area contributed by atoms with Crippen LogP contribution in [0.1, 0.15) is 6.92 Å². The zero-order chi connectivity index (χ0) is 19.7. The lowest BCUT2D eigenvalue weighted by Gasteiger charge is -2.08. The van der Waals surface area contributed by atoms with Crippen molar-refractivity contribution in [3.05, 3.63) is 62.9 Å². The Bertz CT molecular complexity index is 1080. The van der Waals surface area contributed by atoms with Gasteiger partial charge < -0.3 is 0 Å². The van der Waals surface area contributed by atoms with Crippen LogP contribution in [-0.4, -0.2) is 22.6 Å². The lowest BCUT2D eigenvalue weighted by Crippen LogP contribution is -2.29. The molecule has 0 fully saturated rings. The molecule has 0 bridgehead atoms. The number of hydrogen-bond donors (Lipinski definition) is 0. The fourth-order valence-electron chi connectivity index (χ4n) is 2.57. The summed E-state index contributed by atoms with van der Waals surface area (Å²) in [5.41, 5.74) is 3.04. The lowest BCUT2D eigenvalue weighted by atomic mass is 10.2. The lowest BCUT2D eigenvalue weighted by molar-refractivity contribution is -0.117. The molecule has 1 aromatic heterocycles.